The van der Waals surface area contributed by atoms with Crippen LogP contribution >= 0.6 is 0 Å². The predicted octanol–water partition coefficient (Wildman–Crippen LogP) is 2.33. The zero-order valence-corrected chi connectivity index (χ0v) is 13.5. The Bertz CT molecular complexity index is 726. The molecule has 2 N–H and O–H groups in total. The van der Waals surface area contributed by atoms with E-state index in [2.05, 4.69) is 10.6 Å². The second-order valence-corrected chi connectivity index (χ2v) is 5.35. The Morgan fingerprint density at radius 2 is 1.58 bits per heavy atom. The lowest BCUT2D eigenvalue weighted by Crippen LogP contribution is -2.24. The highest BCUT2D eigenvalue weighted by atomic mass is 16.2. The summed E-state index contributed by atoms with van der Waals surface area (Å²) in [5.41, 5.74) is 1.99. The lowest BCUT2D eigenvalue weighted by Gasteiger charge is -2.07. The molecule has 2 rings (SSSR count). The van der Waals surface area contributed by atoms with Gasteiger partial charge in [-0.3, -0.25) is 14.4 Å². The van der Waals surface area contributed by atoms with Crippen molar-refractivity contribution in [3.8, 4) is 0 Å². The van der Waals surface area contributed by atoms with Crippen molar-refractivity contribution >= 4 is 17.6 Å². The second-order valence-electron chi connectivity index (χ2n) is 5.35. The maximum atomic E-state index is 12.0. The highest BCUT2D eigenvalue weighted by Gasteiger charge is 2.09. The molecule has 0 fully saturated rings. The number of amides is 2. The van der Waals surface area contributed by atoms with Crippen LogP contribution in [0.5, 0.6) is 0 Å². The summed E-state index contributed by atoms with van der Waals surface area (Å²) < 4.78 is 0. The molecule has 2 aromatic carbocycles. The van der Waals surface area contributed by atoms with Crippen molar-refractivity contribution in [1.29, 1.82) is 0 Å². The van der Waals surface area contributed by atoms with E-state index < -0.39 is 0 Å². The highest BCUT2D eigenvalue weighted by molar-refractivity contribution is 5.98. The van der Waals surface area contributed by atoms with Crippen LogP contribution in [0.1, 0.15) is 39.1 Å². The summed E-state index contributed by atoms with van der Waals surface area (Å²) in [5.74, 6) is -0.409. The Labute approximate surface area is 141 Å². The first-order chi connectivity index (χ1) is 11.6. The molecule has 5 heteroatoms. The standard InChI is InChI=1S/C19H20N2O3/c1-20-19(24)16-9-5-6-14(12-16)13-21-18(23)11-10-17(22)15-7-3-2-4-8-15/h2-9,12H,10-11,13H2,1H3,(H,20,24)(H,21,23). The molecule has 0 spiro atoms. The van der Waals surface area contributed by atoms with Crippen LogP contribution in [0.15, 0.2) is 54.6 Å². The molecule has 0 aliphatic carbocycles. The van der Waals surface area contributed by atoms with Gasteiger partial charge in [-0.25, -0.2) is 0 Å². The molecule has 0 radical (unpaired) electrons. The largest absolute Gasteiger partial charge is 0.355 e. The van der Waals surface area contributed by atoms with Crippen LogP contribution < -0.4 is 10.6 Å². The predicted molar refractivity (Wildman–Crippen MR) is 91.7 cm³/mol. The first kappa shape index (κ1) is 17.4. The van der Waals surface area contributed by atoms with Crippen molar-refractivity contribution in [2.24, 2.45) is 0 Å². The van der Waals surface area contributed by atoms with E-state index in [0.29, 0.717) is 17.7 Å². The number of Topliss-reactive ketones (excluding diaryl/α,β-unsaturated/α-hetero) is 1. The van der Waals surface area contributed by atoms with Gasteiger partial charge >= 0.3 is 0 Å². The summed E-state index contributed by atoms with van der Waals surface area (Å²) in [4.78, 5) is 35.4. The molecule has 0 aliphatic heterocycles. The Hall–Kier alpha value is -2.95. The molecule has 5 nitrogen and oxygen atoms in total. The number of nitrogens with one attached hydrogen (secondary N) is 2. The maximum absolute atomic E-state index is 12.0. The average molecular weight is 324 g/mol. The zero-order chi connectivity index (χ0) is 17.4. The van der Waals surface area contributed by atoms with E-state index in [9.17, 15) is 14.4 Å². The summed E-state index contributed by atoms with van der Waals surface area (Å²) in [5, 5.41) is 5.32. The number of ketones is 1. The Kier molecular flexibility index (Phi) is 6.25. The van der Waals surface area contributed by atoms with Crippen LogP contribution in [0.3, 0.4) is 0 Å². The molecule has 0 bridgehead atoms. The van der Waals surface area contributed by atoms with Crippen molar-refractivity contribution in [1.82, 2.24) is 10.6 Å². The molecule has 0 aliphatic rings. The van der Waals surface area contributed by atoms with Crippen molar-refractivity contribution < 1.29 is 14.4 Å². The van der Waals surface area contributed by atoms with Crippen LogP contribution in [-0.2, 0) is 11.3 Å². The first-order valence-electron chi connectivity index (χ1n) is 7.76. The number of rotatable bonds is 7. The van der Waals surface area contributed by atoms with E-state index in [0.717, 1.165) is 5.56 Å². The lowest BCUT2D eigenvalue weighted by atomic mass is 10.1. The van der Waals surface area contributed by atoms with E-state index >= 15 is 0 Å². The van der Waals surface area contributed by atoms with E-state index in [1.807, 2.05) is 12.1 Å². The number of hydrogen-bond donors (Lipinski definition) is 2. The van der Waals surface area contributed by atoms with Gasteiger partial charge < -0.3 is 10.6 Å². The summed E-state index contributed by atoms with van der Waals surface area (Å²) in [6, 6.07) is 16.0. The summed E-state index contributed by atoms with van der Waals surface area (Å²) in [6.45, 7) is 0.323. The first-order valence-corrected chi connectivity index (χ1v) is 7.76. The van der Waals surface area contributed by atoms with E-state index in [1.165, 1.54) is 0 Å². The zero-order valence-electron chi connectivity index (χ0n) is 13.5. The number of benzene rings is 2. The molecule has 0 saturated carbocycles. The van der Waals surface area contributed by atoms with Crippen molar-refractivity contribution in [3.63, 3.8) is 0 Å². The molecule has 124 valence electrons. The fourth-order valence-corrected chi connectivity index (χ4v) is 2.25. The van der Waals surface area contributed by atoms with Gasteiger partial charge in [-0.2, -0.15) is 0 Å². The normalized spacial score (nSPS) is 10.0. The number of carbonyl (C=O) groups excluding carboxylic acids is 3. The van der Waals surface area contributed by atoms with Crippen LogP contribution in [0.4, 0.5) is 0 Å². The van der Waals surface area contributed by atoms with Gasteiger partial charge in [0.1, 0.15) is 0 Å². The van der Waals surface area contributed by atoms with Crippen LogP contribution in [0, 0.1) is 0 Å². The Balaban J connectivity index is 1.81. The minimum absolute atomic E-state index is 0.0487. The van der Waals surface area contributed by atoms with Crippen molar-refractivity contribution in [2.75, 3.05) is 7.05 Å². The van der Waals surface area contributed by atoms with Gasteiger partial charge in [0.2, 0.25) is 5.91 Å². The fourth-order valence-electron chi connectivity index (χ4n) is 2.25. The van der Waals surface area contributed by atoms with Gasteiger partial charge in [0.25, 0.3) is 5.91 Å². The number of hydrogen-bond acceptors (Lipinski definition) is 3. The molecule has 0 heterocycles. The van der Waals surface area contributed by atoms with E-state index in [1.54, 1.807) is 49.5 Å². The van der Waals surface area contributed by atoms with Crippen molar-refractivity contribution in [3.05, 3.63) is 71.3 Å². The molecule has 0 atom stereocenters. The van der Waals surface area contributed by atoms with Crippen LogP contribution in [0.25, 0.3) is 0 Å². The van der Waals surface area contributed by atoms with Gasteiger partial charge in [0.05, 0.1) is 0 Å². The summed E-state index contributed by atoms with van der Waals surface area (Å²) in [6.07, 6.45) is 0.316. The Morgan fingerprint density at radius 1 is 0.875 bits per heavy atom. The van der Waals surface area contributed by atoms with Gasteiger partial charge in [-0.05, 0) is 17.7 Å². The van der Waals surface area contributed by atoms with E-state index in [4.69, 9.17) is 0 Å². The van der Waals surface area contributed by atoms with Crippen molar-refractivity contribution in [2.45, 2.75) is 19.4 Å². The molecule has 2 aromatic rings. The highest BCUT2D eigenvalue weighted by Crippen LogP contribution is 2.07. The fraction of sp³-hybridized carbons (Fsp3) is 0.211. The third-order valence-corrected chi connectivity index (χ3v) is 3.58. The average Bonchev–Trinajstić information content (AvgIpc) is 2.64. The molecular formula is C19H20N2O3. The second kappa shape index (κ2) is 8.62. The van der Waals surface area contributed by atoms with Gasteiger partial charge in [-0.15, -0.1) is 0 Å². The summed E-state index contributed by atoms with van der Waals surface area (Å²) >= 11 is 0. The third-order valence-electron chi connectivity index (χ3n) is 3.58. The van der Waals surface area contributed by atoms with Crippen LogP contribution in [-0.4, -0.2) is 24.6 Å². The smallest absolute Gasteiger partial charge is 0.251 e. The van der Waals surface area contributed by atoms with Gasteiger partial charge in [-0.1, -0.05) is 42.5 Å². The van der Waals surface area contributed by atoms with Gasteiger partial charge in [0.15, 0.2) is 5.78 Å². The minimum Gasteiger partial charge on any atom is -0.355 e. The third kappa shape index (κ3) is 5.05. The molecular weight excluding hydrogens is 304 g/mol. The molecule has 0 saturated heterocycles. The quantitative estimate of drug-likeness (QED) is 0.768. The molecule has 0 aromatic heterocycles. The monoisotopic (exact) mass is 324 g/mol. The van der Waals surface area contributed by atoms with Crippen LogP contribution in [0.2, 0.25) is 0 Å². The minimum atomic E-state index is -0.190. The molecule has 2 amide bonds. The topological polar surface area (TPSA) is 75.3 Å². The lowest BCUT2D eigenvalue weighted by molar-refractivity contribution is -0.121. The maximum Gasteiger partial charge on any atom is 0.251 e. The number of carbonyl (C=O) groups is 3. The van der Waals surface area contributed by atoms with E-state index in [-0.39, 0.29) is 30.4 Å². The SMILES string of the molecule is CNC(=O)c1cccc(CNC(=O)CCC(=O)c2ccccc2)c1. The summed E-state index contributed by atoms with van der Waals surface area (Å²) in [7, 11) is 1.57. The molecule has 0 unspecified atom stereocenters. The molecule has 24 heavy (non-hydrogen) atoms. The Morgan fingerprint density at radius 3 is 2.29 bits per heavy atom. The van der Waals surface area contributed by atoms with Gasteiger partial charge in [0, 0.05) is 37.6 Å².